The van der Waals surface area contributed by atoms with Crippen molar-refractivity contribution in [2.24, 2.45) is 5.92 Å². The summed E-state index contributed by atoms with van der Waals surface area (Å²) in [4.78, 5) is 32.5. The van der Waals surface area contributed by atoms with E-state index in [0.717, 1.165) is 38.3 Å². The molecular weight excluding hydrogens is 356 g/mol. The Labute approximate surface area is 165 Å². The Balaban J connectivity index is 1.47. The molecule has 0 radical (unpaired) electrons. The fourth-order valence-electron chi connectivity index (χ4n) is 3.98. The summed E-state index contributed by atoms with van der Waals surface area (Å²) in [7, 11) is 3.73. The fraction of sp³-hybridized carbons (Fsp3) is 0.524. The molecule has 1 aromatic carbocycles. The molecule has 1 unspecified atom stereocenters. The zero-order chi connectivity index (χ0) is 19.9. The molecule has 1 atom stereocenters. The Bertz CT molecular complexity index is 831. The van der Waals surface area contributed by atoms with Crippen LogP contribution in [0.4, 0.5) is 0 Å². The minimum atomic E-state index is -0.446. The average molecular weight is 386 g/mol. The molecular formula is C21H30N4O3. The van der Waals surface area contributed by atoms with E-state index < -0.39 is 5.69 Å². The molecule has 0 bridgehead atoms. The predicted molar refractivity (Wildman–Crippen MR) is 110 cm³/mol. The number of nitrogens with one attached hydrogen (secondary N) is 2. The van der Waals surface area contributed by atoms with Crippen LogP contribution in [0.2, 0.25) is 0 Å². The van der Waals surface area contributed by atoms with Crippen LogP contribution in [0.3, 0.4) is 0 Å². The SMILES string of the molecule is COc1ccc(CCN2CCCC(CN(C)Cc3cc(=O)[nH]c(=O)[nH]3)C2)cc1. The number of methoxy groups -OCH3 is 1. The van der Waals surface area contributed by atoms with E-state index in [1.54, 1.807) is 7.11 Å². The first-order valence-electron chi connectivity index (χ1n) is 9.88. The molecule has 0 saturated carbocycles. The van der Waals surface area contributed by atoms with E-state index >= 15 is 0 Å². The summed E-state index contributed by atoms with van der Waals surface area (Å²) in [5.74, 6) is 1.50. The molecule has 28 heavy (non-hydrogen) atoms. The first-order chi connectivity index (χ1) is 13.5. The van der Waals surface area contributed by atoms with E-state index in [4.69, 9.17) is 4.74 Å². The summed E-state index contributed by atoms with van der Waals surface area (Å²) < 4.78 is 5.22. The van der Waals surface area contributed by atoms with Gasteiger partial charge >= 0.3 is 5.69 Å². The molecule has 1 aromatic heterocycles. The van der Waals surface area contributed by atoms with Gasteiger partial charge in [0.25, 0.3) is 5.56 Å². The second kappa shape index (κ2) is 9.71. The van der Waals surface area contributed by atoms with Crippen molar-refractivity contribution >= 4 is 0 Å². The normalized spacial score (nSPS) is 17.8. The lowest BCUT2D eigenvalue weighted by atomic mass is 9.97. The van der Waals surface area contributed by atoms with Crippen LogP contribution in [0, 0.1) is 5.92 Å². The Morgan fingerprint density at radius 1 is 1.21 bits per heavy atom. The zero-order valence-electron chi connectivity index (χ0n) is 16.7. The maximum atomic E-state index is 11.4. The maximum Gasteiger partial charge on any atom is 0.325 e. The highest BCUT2D eigenvalue weighted by molar-refractivity contribution is 5.27. The minimum absolute atomic E-state index is 0.352. The quantitative estimate of drug-likeness (QED) is 0.718. The van der Waals surface area contributed by atoms with Gasteiger partial charge in [0.1, 0.15) is 5.75 Å². The van der Waals surface area contributed by atoms with Crippen LogP contribution in [0.5, 0.6) is 5.75 Å². The van der Waals surface area contributed by atoms with Gasteiger partial charge < -0.3 is 19.5 Å². The zero-order valence-corrected chi connectivity index (χ0v) is 16.7. The van der Waals surface area contributed by atoms with Crippen molar-refractivity contribution in [2.45, 2.75) is 25.8 Å². The highest BCUT2D eigenvalue weighted by atomic mass is 16.5. The molecule has 152 valence electrons. The number of piperidine rings is 1. The molecule has 7 nitrogen and oxygen atoms in total. The Hall–Kier alpha value is -2.38. The minimum Gasteiger partial charge on any atom is -0.497 e. The molecule has 1 saturated heterocycles. The van der Waals surface area contributed by atoms with E-state index in [2.05, 4.69) is 31.9 Å². The van der Waals surface area contributed by atoms with Gasteiger partial charge in [-0.3, -0.25) is 9.78 Å². The third kappa shape index (κ3) is 6.07. The molecule has 1 aliphatic rings. The van der Waals surface area contributed by atoms with Gasteiger partial charge in [-0.05, 0) is 56.5 Å². The second-order valence-corrected chi connectivity index (χ2v) is 7.72. The summed E-state index contributed by atoms with van der Waals surface area (Å²) in [6, 6.07) is 9.76. The molecule has 1 fully saturated rings. The highest BCUT2D eigenvalue weighted by Crippen LogP contribution is 2.19. The van der Waals surface area contributed by atoms with Crippen LogP contribution >= 0.6 is 0 Å². The van der Waals surface area contributed by atoms with E-state index in [-0.39, 0.29) is 5.56 Å². The molecule has 0 amide bonds. The number of benzene rings is 1. The number of ether oxygens (including phenoxy) is 1. The lowest BCUT2D eigenvalue weighted by molar-refractivity contribution is 0.142. The van der Waals surface area contributed by atoms with Gasteiger partial charge in [-0.1, -0.05) is 12.1 Å². The van der Waals surface area contributed by atoms with E-state index in [1.165, 1.54) is 24.5 Å². The molecule has 7 heteroatoms. The summed E-state index contributed by atoms with van der Waals surface area (Å²) in [6.07, 6.45) is 3.47. The van der Waals surface area contributed by atoms with Crippen LogP contribution in [0.1, 0.15) is 24.1 Å². The predicted octanol–water partition coefficient (Wildman–Crippen LogP) is 1.46. The molecule has 3 rings (SSSR count). The number of hydrogen-bond donors (Lipinski definition) is 2. The third-order valence-electron chi connectivity index (χ3n) is 5.31. The molecule has 0 spiro atoms. The van der Waals surface area contributed by atoms with Crippen molar-refractivity contribution in [2.75, 3.05) is 40.3 Å². The summed E-state index contributed by atoms with van der Waals surface area (Å²) in [5, 5.41) is 0. The van der Waals surface area contributed by atoms with Crippen molar-refractivity contribution in [3.8, 4) is 5.75 Å². The number of likely N-dealkylation sites (tertiary alicyclic amines) is 1. The number of rotatable bonds is 8. The summed E-state index contributed by atoms with van der Waals surface area (Å²) in [6.45, 7) is 4.83. The first-order valence-corrected chi connectivity index (χ1v) is 9.88. The van der Waals surface area contributed by atoms with Gasteiger partial charge in [0.15, 0.2) is 0 Å². The van der Waals surface area contributed by atoms with Crippen molar-refractivity contribution in [3.63, 3.8) is 0 Å². The van der Waals surface area contributed by atoms with Crippen molar-refractivity contribution < 1.29 is 4.74 Å². The number of nitrogens with zero attached hydrogens (tertiary/aromatic N) is 2. The number of aromatic amines is 2. The number of H-pyrrole nitrogens is 2. The van der Waals surface area contributed by atoms with E-state index in [9.17, 15) is 9.59 Å². The van der Waals surface area contributed by atoms with Crippen LogP contribution in [0.25, 0.3) is 0 Å². The number of hydrogen-bond acceptors (Lipinski definition) is 5. The molecule has 2 heterocycles. The lowest BCUT2D eigenvalue weighted by Crippen LogP contribution is -2.41. The van der Waals surface area contributed by atoms with Gasteiger partial charge in [-0.15, -0.1) is 0 Å². The van der Waals surface area contributed by atoms with Gasteiger partial charge in [-0.2, -0.15) is 0 Å². The van der Waals surface area contributed by atoms with Gasteiger partial charge in [0.05, 0.1) is 7.11 Å². The van der Waals surface area contributed by atoms with Gasteiger partial charge in [0, 0.05) is 37.9 Å². The monoisotopic (exact) mass is 386 g/mol. The molecule has 2 N–H and O–H groups in total. The smallest absolute Gasteiger partial charge is 0.325 e. The topological polar surface area (TPSA) is 81.4 Å². The molecule has 0 aliphatic carbocycles. The van der Waals surface area contributed by atoms with E-state index in [1.807, 2.05) is 19.2 Å². The standard InChI is InChI=1S/C21H30N4O3/c1-24(15-18-12-20(26)23-21(27)22-18)13-17-4-3-10-25(14-17)11-9-16-5-7-19(28-2)8-6-16/h5-8,12,17H,3-4,9-11,13-15H2,1-2H3,(H2,22,23,26,27). The highest BCUT2D eigenvalue weighted by Gasteiger charge is 2.21. The van der Waals surface area contributed by atoms with Crippen LogP contribution < -0.4 is 16.0 Å². The Morgan fingerprint density at radius 3 is 2.71 bits per heavy atom. The summed E-state index contributed by atoms with van der Waals surface area (Å²) in [5.41, 5.74) is 1.19. The average Bonchev–Trinajstić information content (AvgIpc) is 2.66. The van der Waals surface area contributed by atoms with E-state index in [0.29, 0.717) is 18.2 Å². The van der Waals surface area contributed by atoms with Crippen molar-refractivity contribution in [1.29, 1.82) is 0 Å². The maximum absolute atomic E-state index is 11.4. The van der Waals surface area contributed by atoms with Crippen LogP contribution in [-0.4, -0.2) is 60.1 Å². The molecule has 1 aliphatic heterocycles. The van der Waals surface area contributed by atoms with Crippen LogP contribution in [0.15, 0.2) is 39.9 Å². The van der Waals surface area contributed by atoms with Crippen molar-refractivity contribution in [3.05, 3.63) is 62.4 Å². The third-order valence-corrected chi connectivity index (χ3v) is 5.31. The Morgan fingerprint density at radius 2 is 2.00 bits per heavy atom. The largest absolute Gasteiger partial charge is 0.497 e. The van der Waals surface area contributed by atoms with Crippen LogP contribution in [-0.2, 0) is 13.0 Å². The summed E-state index contributed by atoms with van der Waals surface area (Å²) >= 11 is 0. The van der Waals surface area contributed by atoms with Crippen molar-refractivity contribution in [1.82, 2.24) is 19.8 Å². The van der Waals surface area contributed by atoms with Gasteiger partial charge in [-0.25, -0.2) is 4.79 Å². The molecule has 2 aromatic rings. The lowest BCUT2D eigenvalue weighted by Gasteiger charge is -2.34. The fourth-order valence-corrected chi connectivity index (χ4v) is 3.98. The van der Waals surface area contributed by atoms with Gasteiger partial charge in [0.2, 0.25) is 0 Å². The first kappa shape index (κ1) is 20.4. The Kier molecular flexibility index (Phi) is 7.06. The number of aromatic nitrogens is 2. The second-order valence-electron chi connectivity index (χ2n) is 7.72.